The molecule has 2 amide bonds. The summed E-state index contributed by atoms with van der Waals surface area (Å²) in [6, 6.07) is 5.41. The summed E-state index contributed by atoms with van der Waals surface area (Å²) in [5.41, 5.74) is 0.562. The Bertz CT molecular complexity index is 1020. The minimum atomic E-state index is -1.17. The quantitative estimate of drug-likeness (QED) is 0.341. The zero-order valence-electron chi connectivity index (χ0n) is 17.7. The van der Waals surface area contributed by atoms with E-state index in [1.807, 2.05) is 0 Å². The van der Waals surface area contributed by atoms with Crippen LogP contribution in [0.5, 0.6) is 0 Å². The number of aliphatic hydroxyl groups excluding tert-OH is 1. The molecular formula is C21H23N3O8S. The van der Waals surface area contributed by atoms with Gasteiger partial charge < -0.3 is 24.7 Å². The van der Waals surface area contributed by atoms with Gasteiger partial charge in [-0.15, -0.1) is 11.8 Å². The minimum absolute atomic E-state index is 0.0149. The topological polar surface area (TPSA) is 151 Å². The van der Waals surface area contributed by atoms with Gasteiger partial charge in [-0.3, -0.25) is 14.9 Å². The second-order valence-electron chi connectivity index (χ2n) is 8.28. The second kappa shape index (κ2) is 9.02. The Labute approximate surface area is 193 Å². The predicted octanol–water partition coefficient (Wildman–Crippen LogP) is 1.95. The van der Waals surface area contributed by atoms with Crippen molar-refractivity contribution in [1.29, 1.82) is 0 Å². The van der Waals surface area contributed by atoms with E-state index in [1.54, 1.807) is 0 Å². The SMILES string of the molecule is C[C@@H](O)[C@H]1C(=O)N2C(C(=O)O)=C(S[C@H]3CCN(C(=O)OCc4ccc([N+](=O)[O-])cc4)C3)C[C@H]12. The largest absolute Gasteiger partial charge is 0.477 e. The number of benzene rings is 1. The number of β-lactam (4-membered cyclic amide) rings is 1. The molecule has 0 aromatic heterocycles. The minimum Gasteiger partial charge on any atom is -0.477 e. The Morgan fingerprint density at radius 3 is 2.64 bits per heavy atom. The number of carboxylic acids is 1. The zero-order chi connectivity index (χ0) is 23.9. The fourth-order valence-electron chi connectivity index (χ4n) is 4.48. The molecule has 33 heavy (non-hydrogen) atoms. The highest BCUT2D eigenvalue weighted by atomic mass is 32.2. The average Bonchev–Trinajstić information content (AvgIpc) is 3.35. The first kappa shape index (κ1) is 23.1. The van der Waals surface area contributed by atoms with E-state index in [1.165, 1.54) is 52.8 Å². The number of non-ortho nitro benzene ring substituents is 1. The molecule has 0 radical (unpaired) electrons. The van der Waals surface area contributed by atoms with Crippen LogP contribution in [0.25, 0.3) is 0 Å². The maximum Gasteiger partial charge on any atom is 0.410 e. The number of fused-ring (bicyclic) bond motifs is 1. The van der Waals surface area contributed by atoms with Crippen molar-refractivity contribution >= 4 is 35.4 Å². The summed E-state index contributed by atoms with van der Waals surface area (Å²) in [7, 11) is 0. The summed E-state index contributed by atoms with van der Waals surface area (Å²) in [6.07, 6.45) is -0.324. The van der Waals surface area contributed by atoms with E-state index in [9.17, 15) is 34.7 Å². The maximum atomic E-state index is 12.4. The number of ether oxygens (including phenoxy) is 1. The molecule has 2 N–H and O–H groups in total. The third-order valence-electron chi connectivity index (χ3n) is 6.11. The van der Waals surface area contributed by atoms with Crippen LogP contribution in [0.2, 0.25) is 0 Å². The van der Waals surface area contributed by atoms with E-state index in [0.717, 1.165) is 0 Å². The van der Waals surface area contributed by atoms with Crippen LogP contribution in [0.1, 0.15) is 25.3 Å². The number of carboxylic acid groups (broad SMARTS) is 1. The first-order chi connectivity index (χ1) is 15.7. The molecular weight excluding hydrogens is 454 g/mol. The van der Waals surface area contributed by atoms with Gasteiger partial charge in [0.25, 0.3) is 5.69 Å². The molecule has 0 saturated carbocycles. The van der Waals surface area contributed by atoms with Crippen molar-refractivity contribution in [2.24, 2.45) is 5.92 Å². The van der Waals surface area contributed by atoms with E-state index < -0.39 is 29.0 Å². The summed E-state index contributed by atoms with van der Waals surface area (Å²) >= 11 is 1.36. The third kappa shape index (κ3) is 4.40. The normalized spacial score (nSPS) is 25.0. The summed E-state index contributed by atoms with van der Waals surface area (Å²) < 4.78 is 5.31. The number of nitro benzene ring substituents is 1. The van der Waals surface area contributed by atoms with Gasteiger partial charge in [-0.05, 0) is 31.0 Å². The van der Waals surface area contributed by atoms with Crippen molar-refractivity contribution in [2.75, 3.05) is 13.1 Å². The monoisotopic (exact) mass is 477 g/mol. The number of hydrogen-bond donors (Lipinski definition) is 2. The van der Waals surface area contributed by atoms with Gasteiger partial charge in [-0.2, -0.15) is 0 Å². The van der Waals surface area contributed by atoms with Crippen LogP contribution in [-0.4, -0.2) is 73.4 Å². The van der Waals surface area contributed by atoms with Crippen LogP contribution < -0.4 is 0 Å². The molecule has 0 aliphatic carbocycles. The number of carbonyl (C=O) groups excluding carboxylic acids is 2. The molecule has 12 heteroatoms. The summed E-state index contributed by atoms with van der Waals surface area (Å²) in [4.78, 5) is 50.2. The van der Waals surface area contributed by atoms with Crippen molar-refractivity contribution in [2.45, 2.75) is 43.8 Å². The number of thioether (sulfide) groups is 1. The summed E-state index contributed by atoms with van der Waals surface area (Å²) in [6.45, 7) is 2.34. The van der Waals surface area contributed by atoms with Crippen LogP contribution in [0.15, 0.2) is 34.9 Å². The molecule has 2 saturated heterocycles. The Morgan fingerprint density at radius 2 is 2.03 bits per heavy atom. The number of carbonyl (C=O) groups is 3. The van der Waals surface area contributed by atoms with Crippen LogP contribution in [-0.2, 0) is 20.9 Å². The third-order valence-corrected chi connectivity index (χ3v) is 7.47. The Morgan fingerprint density at radius 1 is 1.33 bits per heavy atom. The Balaban J connectivity index is 1.32. The summed E-state index contributed by atoms with van der Waals surface area (Å²) in [5, 5.41) is 30.2. The molecule has 3 heterocycles. The lowest BCUT2D eigenvalue weighted by Gasteiger charge is -2.44. The number of aliphatic carboxylic acids is 1. The molecule has 2 fully saturated rings. The van der Waals surface area contributed by atoms with Gasteiger partial charge in [0.1, 0.15) is 12.3 Å². The van der Waals surface area contributed by atoms with Gasteiger partial charge in [-0.1, -0.05) is 0 Å². The van der Waals surface area contributed by atoms with Crippen molar-refractivity contribution in [3.63, 3.8) is 0 Å². The van der Waals surface area contributed by atoms with Crippen LogP contribution in [0.4, 0.5) is 10.5 Å². The predicted molar refractivity (Wildman–Crippen MR) is 116 cm³/mol. The van der Waals surface area contributed by atoms with Crippen molar-refractivity contribution < 1.29 is 34.3 Å². The second-order valence-corrected chi connectivity index (χ2v) is 9.67. The first-order valence-electron chi connectivity index (χ1n) is 10.5. The fourth-order valence-corrected chi connectivity index (χ4v) is 5.92. The molecule has 11 nitrogen and oxygen atoms in total. The molecule has 0 bridgehead atoms. The van der Waals surface area contributed by atoms with Crippen molar-refractivity contribution in [1.82, 2.24) is 9.80 Å². The Hall–Kier alpha value is -3.12. The highest BCUT2D eigenvalue weighted by Gasteiger charge is 2.57. The van der Waals surface area contributed by atoms with Crippen LogP contribution in [0, 0.1) is 16.0 Å². The maximum absolute atomic E-state index is 12.4. The molecule has 1 aromatic carbocycles. The first-order valence-corrected chi connectivity index (χ1v) is 11.3. The summed E-state index contributed by atoms with van der Waals surface area (Å²) in [5.74, 6) is -2.13. The standard InChI is InChI=1S/C21H23N3O8S/c1-11(25)17-15-8-16(18(20(27)28)23(15)19(17)26)33-14-6-7-22(9-14)21(29)32-10-12-2-4-13(5-3-12)24(30)31/h2-5,11,14-15,17,25H,6-10H2,1H3,(H,27,28)/t11-,14+,15-,17-/m1/s1. The van der Waals surface area contributed by atoms with E-state index >= 15 is 0 Å². The van der Waals surface area contributed by atoms with Gasteiger partial charge in [0, 0.05) is 41.8 Å². The van der Waals surface area contributed by atoms with Gasteiger partial charge >= 0.3 is 12.1 Å². The van der Waals surface area contributed by atoms with E-state index in [-0.39, 0.29) is 35.2 Å². The lowest BCUT2D eigenvalue weighted by atomic mass is 9.83. The van der Waals surface area contributed by atoms with Gasteiger partial charge in [0.2, 0.25) is 5.91 Å². The van der Waals surface area contributed by atoms with E-state index in [4.69, 9.17) is 4.74 Å². The molecule has 1 aromatic rings. The highest BCUT2D eigenvalue weighted by Crippen LogP contribution is 2.48. The molecule has 176 valence electrons. The number of nitro groups is 1. The number of nitrogens with zero attached hydrogens (tertiary/aromatic N) is 3. The van der Waals surface area contributed by atoms with Gasteiger partial charge in [0.05, 0.1) is 23.0 Å². The zero-order valence-corrected chi connectivity index (χ0v) is 18.6. The average molecular weight is 477 g/mol. The molecule has 3 aliphatic rings. The Kier molecular flexibility index (Phi) is 6.30. The van der Waals surface area contributed by atoms with Crippen LogP contribution >= 0.6 is 11.8 Å². The fraction of sp³-hybridized carbons (Fsp3) is 0.476. The molecule has 3 aliphatic heterocycles. The molecule has 0 unspecified atom stereocenters. The number of amides is 2. The lowest BCUT2D eigenvalue weighted by molar-refractivity contribution is -0.384. The lowest BCUT2D eigenvalue weighted by Crippen LogP contribution is -2.61. The smallest absolute Gasteiger partial charge is 0.410 e. The molecule has 0 spiro atoms. The molecule has 4 atom stereocenters. The highest BCUT2D eigenvalue weighted by molar-refractivity contribution is 8.03. The number of rotatable bonds is 7. The van der Waals surface area contributed by atoms with Crippen molar-refractivity contribution in [3.05, 3.63) is 50.5 Å². The number of likely N-dealkylation sites (tertiary alicyclic amines) is 1. The van der Waals surface area contributed by atoms with E-state index in [2.05, 4.69) is 0 Å². The van der Waals surface area contributed by atoms with E-state index in [0.29, 0.717) is 36.4 Å². The van der Waals surface area contributed by atoms with Gasteiger partial charge in [0.15, 0.2) is 0 Å². The number of aliphatic hydroxyl groups is 1. The van der Waals surface area contributed by atoms with Gasteiger partial charge in [-0.25, -0.2) is 9.59 Å². The van der Waals surface area contributed by atoms with Crippen molar-refractivity contribution in [3.8, 4) is 0 Å². The molecule has 4 rings (SSSR count). The number of hydrogen-bond acceptors (Lipinski definition) is 8. The van der Waals surface area contributed by atoms with Crippen LogP contribution in [0.3, 0.4) is 0 Å².